The summed E-state index contributed by atoms with van der Waals surface area (Å²) in [6.07, 6.45) is 0. The number of amides is 1. The Morgan fingerprint density at radius 3 is 2.50 bits per heavy atom. The monoisotopic (exact) mass is 456 g/mol. The average Bonchev–Trinajstić information content (AvgIpc) is 2.61. The topological polar surface area (TPSA) is 66.3 Å². The molecule has 6 nitrogen and oxygen atoms in total. The zero-order valence-electron chi connectivity index (χ0n) is 14.7. The van der Waals surface area contributed by atoms with Crippen LogP contribution in [-0.2, 0) is 4.79 Å². The highest BCUT2D eigenvalue weighted by Gasteiger charge is 2.16. The number of nitrogens with one attached hydrogen (secondary N) is 1. The molecule has 10 heteroatoms. The van der Waals surface area contributed by atoms with Crippen LogP contribution in [0.1, 0.15) is 0 Å². The maximum absolute atomic E-state index is 12.2. The van der Waals surface area contributed by atoms with Gasteiger partial charge in [0, 0.05) is 27.8 Å². The molecule has 0 aliphatic carbocycles. The van der Waals surface area contributed by atoms with Gasteiger partial charge in [0.15, 0.2) is 0 Å². The third-order valence-electron chi connectivity index (χ3n) is 3.37. The summed E-state index contributed by atoms with van der Waals surface area (Å²) in [6.45, 7) is 0.417. The van der Waals surface area contributed by atoms with Crippen molar-refractivity contribution in [3.05, 3.63) is 57.5 Å². The number of nitrogens with zero attached hydrogens (tertiary/aromatic N) is 3. The molecular formula is C18H15Cl3N4O2S. The molecule has 1 aliphatic rings. The minimum Gasteiger partial charge on any atom is -0.441 e. The molecule has 0 unspecified atom stereocenters. The van der Waals surface area contributed by atoms with E-state index in [0.717, 1.165) is 0 Å². The average molecular weight is 458 g/mol. The van der Waals surface area contributed by atoms with Crippen molar-refractivity contribution >= 4 is 69.2 Å². The highest BCUT2D eigenvalue weighted by atomic mass is 35.5. The largest absolute Gasteiger partial charge is 0.441 e. The second-order valence-corrected chi connectivity index (χ2v) is 8.01. The number of thioether (sulfide) groups is 1. The molecule has 0 spiro atoms. The number of carbonyl (C=O) groups is 1. The lowest BCUT2D eigenvalue weighted by atomic mass is 10.3. The molecule has 1 heterocycles. The van der Waals surface area contributed by atoms with Crippen LogP contribution in [0.4, 0.5) is 5.69 Å². The molecule has 2 aromatic carbocycles. The van der Waals surface area contributed by atoms with E-state index in [1.54, 1.807) is 54.5 Å². The Labute approximate surface area is 181 Å². The number of aliphatic imine (C=N–C) groups is 1. The molecule has 0 atom stereocenters. The molecule has 2 aromatic rings. The summed E-state index contributed by atoms with van der Waals surface area (Å²) < 4.78 is 5.77. The van der Waals surface area contributed by atoms with Gasteiger partial charge >= 0.3 is 0 Å². The summed E-state index contributed by atoms with van der Waals surface area (Å²) in [4.78, 5) is 16.6. The minimum atomic E-state index is -0.227. The standard InChI is InChI=1S/C18H15Cl3N4O2S/c1-25-9-17(27-15-4-2-11(19)3-5-15)23-18(24-25)28-10-16(26)22-14-7-12(20)6-13(21)8-14/h2-8H,9-10H2,1H3,(H,22,26). The van der Waals surface area contributed by atoms with Crippen molar-refractivity contribution in [3.63, 3.8) is 0 Å². The summed E-state index contributed by atoms with van der Waals surface area (Å²) in [6, 6.07) is 11.8. The molecule has 1 N–H and O–H groups in total. The van der Waals surface area contributed by atoms with Crippen LogP contribution in [0, 0.1) is 0 Å². The summed E-state index contributed by atoms with van der Waals surface area (Å²) in [5, 5.41) is 10.7. The van der Waals surface area contributed by atoms with E-state index in [9.17, 15) is 4.79 Å². The third-order valence-corrected chi connectivity index (χ3v) is 4.89. The number of hydrogen-bond acceptors (Lipinski definition) is 6. The van der Waals surface area contributed by atoms with Gasteiger partial charge in [0.25, 0.3) is 0 Å². The van der Waals surface area contributed by atoms with Crippen molar-refractivity contribution in [2.45, 2.75) is 0 Å². The fourth-order valence-electron chi connectivity index (χ4n) is 2.25. The van der Waals surface area contributed by atoms with Gasteiger partial charge < -0.3 is 10.1 Å². The van der Waals surface area contributed by atoms with E-state index >= 15 is 0 Å². The van der Waals surface area contributed by atoms with E-state index in [4.69, 9.17) is 39.5 Å². The lowest BCUT2D eigenvalue weighted by molar-refractivity contribution is -0.113. The van der Waals surface area contributed by atoms with Gasteiger partial charge in [0.1, 0.15) is 12.3 Å². The van der Waals surface area contributed by atoms with E-state index in [0.29, 0.717) is 44.1 Å². The van der Waals surface area contributed by atoms with Crippen molar-refractivity contribution in [2.75, 3.05) is 24.7 Å². The van der Waals surface area contributed by atoms with Crippen LogP contribution < -0.4 is 10.1 Å². The van der Waals surface area contributed by atoms with Gasteiger partial charge in [-0.3, -0.25) is 9.80 Å². The van der Waals surface area contributed by atoms with Crippen LogP contribution in [0.5, 0.6) is 5.75 Å². The van der Waals surface area contributed by atoms with Gasteiger partial charge in [-0.25, -0.2) is 0 Å². The zero-order valence-corrected chi connectivity index (χ0v) is 17.7. The number of anilines is 1. The number of ether oxygens (including phenoxy) is 1. The predicted octanol–water partition coefficient (Wildman–Crippen LogP) is 5.01. The normalized spacial score (nSPS) is 13.6. The van der Waals surface area contributed by atoms with Crippen LogP contribution in [-0.4, -0.2) is 41.3 Å². The zero-order chi connectivity index (χ0) is 20.1. The fraction of sp³-hybridized carbons (Fsp3) is 0.167. The molecule has 146 valence electrons. The molecule has 3 rings (SSSR count). The second-order valence-electron chi connectivity index (χ2n) is 5.75. The second kappa shape index (κ2) is 9.52. The van der Waals surface area contributed by atoms with Gasteiger partial charge in [-0.05, 0) is 42.5 Å². The third kappa shape index (κ3) is 6.31. The quantitative estimate of drug-likeness (QED) is 0.700. The van der Waals surface area contributed by atoms with E-state index in [1.807, 2.05) is 0 Å². The summed E-state index contributed by atoms with van der Waals surface area (Å²) in [5.74, 6) is 0.992. The molecule has 28 heavy (non-hydrogen) atoms. The number of carbonyl (C=O) groups excluding carboxylic acids is 1. The Hall–Kier alpha value is -1.93. The maximum Gasteiger partial charge on any atom is 0.234 e. The highest BCUT2D eigenvalue weighted by molar-refractivity contribution is 8.14. The smallest absolute Gasteiger partial charge is 0.234 e. The first-order valence-corrected chi connectivity index (χ1v) is 10.2. The van der Waals surface area contributed by atoms with Crippen molar-refractivity contribution in [3.8, 4) is 5.75 Å². The Morgan fingerprint density at radius 1 is 1.14 bits per heavy atom. The summed E-state index contributed by atoms with van der Waals surface area (Å²) in [5.41, 5.74) is 0.529. The van der Waals surface area contributed by atoms with Crippen molar-refractivity contribution < 1.29 is 9.53 Å². The van der Waals surface area contributed by atoms with E-state index < -0.39 is 0 Å². The van der Waals surface area contributed by atoms with Gasteiger partial charge in [0.2, 0.25) is 17.0 Å². The first-order chi connectivity index (χ1) is 13.4. The van der Waals surface area contributed by atoms with E-state index in [-0.39, 0.29) is 11.7 Å². The number of benzene rings is 2. The van der Waals surface area contributed by atoms with Crippen molar-refractivity contribution in [1.29, 1.82) is 0 Å². The van der Waals surface area contributed by atoms with Gasteiger partial charge in [-0.2, -0.15) is 4.99 Å². The van der Waals surface area contributed by atoms with E-state index in [2.05, 4.69) is 15.4 Å². The predicted molar refractivity (Wildman–Crippen MR) is 117 cm³/mol. The number of halogens is 3. The molecule has 1 aliphatic heterocycles. The number of amidine groups is 1. The molecule has 0 radical (unpaired) electrons. The molecule has 1 amide bonds. The SMILES string of the molecule is CN1CC(Oc2ccc(Cl)cc2)=NC(SCC(=O)Nc2cc(Cl)cc(Cl)c2)=N1. The number of hydrogen-bond donors (Lipinski definition) is 1. The Kier molecular flexibility index (Phi) is 7.07. The Balaban J connectivity index is 1.58. The van der Waals surface area contributed by atoms with Gasteiger partial charge in [0.05, 0.1) is 5.75 Å². The van der Waals surface area contributed by atoms with Gasteiger partial charge in [-0.1, -0.05) is 46.6 Å². The Bertz CT molecular complexity index is 915. The molecule has 0 aromatic heterocycles. The molecule has 0 saturated heterocycles. The first-order valence-electron chi connectivity index (χ1n) is 8.07. The van der Waals surface area contributed by atoms with Crippen LogP contribution >= 0.6 is 46.6 Å². The van der Waals surface area contributed by atoms with Gasteiger partial charge in [-0.15, -0.1) is 5.10 Å². The lowest BCUT2D eigenvalue weighted by Crippen LogP contribution is -2.31. The number of likely N-dealkylation sites (N-methyl/N-ethyl adjacent to an activating group) is 1. The van der Waals surface area contributed by atoms with E-state index in [1.165, 1.54) is 11.8 Å². The Morgan fingerprint density at radius 2 is 1.82 bits per heavy atom. The number of hydrazone groups is 1. The maximum atomic E-state index is 12.2. The van der Waals surface area contributed by atoms with Crippen LogP contribution in [0.15, 0.2) is 52.6 Å². The number of rotatable bonds is 4. The molecule has 0 bridgehead atoms. The van der Waals surface area contributed by atoms with Crippen molar-refractivity contribution in [2.24, 2.45) is 10.1 Å². The summed E-state index contributed by atoms with van der Waals surface area (Å²) in [7, 11) is 1.80. The van der Waals surface area contributed by atoms with Crippen LogP contribution in [0.25, 0.3) is 0 Å². The van der Waals surface area contributed by atoms with Crippen LogP contribution in [0.3, 0.4) is 0 Å². The summed E-state index contributed by atoms with van der Waals surface area (Å²) >= 11 is 18.9. The molecular weight excluding hydrogens is 443 g/mol. The molecule has 0 fully saturated rings. The lowest BCUT2D eigenvalue weighted by Gasteiger charge is -2.20. The van der Waals surface area contributed by atoms with Crippen LogP contribution in [0.2, 0.25) is 15.1 Å². The van der Waals surface area contributed by atoms with Crippen molar-refractivity contribution in [1.82, 2.24) is 5.01 Å². The minimum absolute atomic E-state index is 0.120. The molecule has 0 saturated carbocycles. The first kappa shape index (κ1) is 20.8. The highest BCUT2D eigenvalue weighted by Crippen LogP contribution is 2.23. The fourth-order valence-corrected chi connectivity index (χ4v) is 3.60.